The zero-order chi connectivity index (χ0) is 36.1. The molecule has 13 nitrogen and oxygen atoms in total. The van der Waals surface area contributed by atoms with Gasteiger partial charge in [-0.05, 0) is 100 Å². The van der Waals surface area contributed by atoms with Crippen LogP contribution in [0.25, 0.3) is 22.0 Å². The maximum atomic E-state index is 14.2. The van der Waals surface area contributed by atoms with E-state index in [4.69, 9.17) is 15.2 Å². The van der Waals surface area contributed by atoms with Crippen LogP contribution >= 0.6 is 0 Å². The number of alkyl carbamates (subject to hydrolysis) is 1. The molecule has 0 bridgehead atoms. The first-order chi connectivity index (χ1) is 24.4. The van der Waals surface area contributed by atoms with Crippen LogP contribution in [-0.4, -0.2) is 77.6 Å². The summed E-state index contributed by atoms with van der Waals surface area (Å²) < 4.78 is 10.8. The van der Waals surface area contributed by atoms with Crippen LogP contribution in [0, 0.1) is 11.8 Å². The highest BCUT2D eigenvalue weighted by Gasteiger charge is 2.35. The van der Waals surface area contributed by atoms with Gasteiger partial charge in [0.1, 0.15) is 11.4 Å². The molecule has 6 rings (SSSR count). The quantitative estimate of drug-likeness (QED) is 0.196. The second kappa shape index (κ2) is 15.5. The van der Waals surface area contributed by atoms with Crippen LogP contribution in [0.4, 0.5) is 16.3 Å². The minimum absolute atomic E-state index is 0.190. The van der Waals surface area contributed by atoms with Gasteiger partial charge in [0.2, 0.25) is 5.91 Å². The van der Waals surface area contributed by atoms with Gasteiger partial charge < -0.3 is 25.4 Å². The number of H-pyrrole nitrogens is 2. The number of nitrogens with zero attached hydrogens (tertiary/aromatic N) is 3. The first-order valence-corrected chi connectivity index (χ1v) is 17.6. The molecule has 2 aromatic carbocycles. The lowest BCUT2D eigenvalue weighted by atomic mass is 9.81. The smallest absolute Gasteiger partial charge is 0.407 e. The molecule has 0 radical (unpaired) electrons. The summed E-state index contributed by atoms with van der Waals surface area (Å²) in [7, 11) is 0. The number of aromatic amines is 2. The van der Waals surface area contributed by atoms with E-state index in [0.717, 1.165) is 35.6 Å². The largest absolute Gasteiger partial charge is 0.444 e. The van der Waals surface area contributed by atoms with Crippen molar-refractivity contribution < 1.29 is 23.9 Å². The Morgan fingerprint density at radius 3 is 2.37 bits per heavy atom. The van der Waals surface area contributed by atoms with Gasteiger partial charge in [0.15, 0.2) is 0 Å². The summed E-state index contributed by atoms with van der Waals surface area (Å²) in [4.78, 5) is 60.6. The fraction of sp³-hybridized carbons (Fsp3) is 0.447. The molecule has 5 N–H and O–H groups in total. The van der Waals surface area contributed by atoms with Crippen molar-refractivity contribution in [3.8, 4) is 11.1 Å². The Kier molecular flexibility index (Phi) is 10.9. The van der Waals surface area contributed by atoms with E-state index in [1.54, 1.807) is 18.2 Å². The Morgan fingerprint density at radius 1 is 1.00 bits per heavy atom. The van der Waals surface area contributed by atoms with Crippen molar-refractivity contribution in [1.82, 2.24) is 20.5 Å². The summed E-state index contributed by atoms with van der Waals surface area (Å²) >= 11 is 0. The van der Waals surface area contributed by atoms with Gasteiger partial charge in [-0.15, -0.1) is 0 Å². The summed E-state index contributed by atoms with van der Waals surface area (Å²) in [5, 5.41) is 8.62. The van der Waals surface area contributed by atoms with Crippen LogP contribution in [0.1, 0.15) is 52.0 Å². The number of anilines is 2. The first kappa shape index (κ1) is 35.8. The fourth-order valence-electron chi connectivity index (χ4n) is 6.74. The summed E-state index contributed by atoms with van der Waals surface area (Å²) in [6.07, 6.45) is 4.16. The second-order valence-corrected chi connectivity index (χ2v) is 14.4. The number of nitrogens with one attached hydrogen (secondary N) is 3. The van der Waals surface area contributed by atoms with Crippen molar-refractivity contribution in [2.45, 2.75) is 64.5 Å². The van der Waals surface area contributed by atoms with Gasteiger partial charge in [0.25, 0.3) is 11.5 Å². The van der Waals surface area contributed by atoms with Crippen molar-refractivity contribution in [2.75, 3.05) is 42.6 Å². The van der Waals surface area contributed by atoms with E-state index in [1.807, 2.05) is 63.4 Å². The van der Waals surface area contributed by atoms with Gasteiger partial charge in [-0.3, -0.25) is 24.6 Å². The third-order valence-corrected chi connectivity index (χ3v) is 9.53. The van der Waals surface area contributed by atoms with E-state index in [9.17, 15) is 19.2 Å². The molecule has 1 atom stereocenters. The maximum Gasteiger partial charge on any atom is 0.407 e. The van der Waals surface area contributed by atoms with Gasteiger partial charge >= 0.3 is 6.09 Å². The van der Waals surface area contributed by atoms with Crippen LogP contribution in [0.2, 0.25) is 0 Å². The van der Waals surface area contributed by atoms with Crippen LogP contribution < -0.4 is 26.4 Å². The molecule has 1 saturated carbocycles. The zero-order valence-corrected chi connectivity index (χ0v) is 29.4. The molecule has 1 aliphatic heterocycles. The number of rotatable bonds is 9. The lowest BCUT2D eigenvalue weighted by molar-refractivity contribution is -0.130. The number of hydrogen-bond donors (Lipinski definition) is 4. The van der Waals surface area contributed by atoms with Gasteiger partial charge in [0, 0.05) is 37.3 Å². The number of pyridine rings is 1. The van der Waals surface area contributed by atoms with E-state index in [0.29, 0.717) is 62.0 Å². The molecule has 2 aromatic heterocycles. The number of morpholine rings is 1. The zero-order valence-electron chi connectivity index (χ0n) is 29.4. The number of benzene rings is 2. The maximum absolute atomic E-state index is 14.2. The number of amides is 3. The van der Waals surface area contributed by atoms with Crippen LogP contribution in [0.5, 0.6) is 0 Å². The standard InChI is InChI=1S/C38H47N7O6/c1-38(2,3)51-37(49)41-22-25-6-10-27(11-7-25)35(47)45(29-13-14-30-32(21-29)42-43-34(30)46)36(48)31(39)20-24-4-8-26(9-5-24)28-12-15-33(40-23-28)44-16-18-50-19-17-44/h4-5,8-9,12-15,21,23,25,27,31H,6-7,10-11,16-20,22,39H2,1-3H3,(H,41,49)(H2,42,43,46)/t25?,27?,31-/m0/s1. The predicted octanol–water partition coefficient (Wildman–Crippen LogP) is 4.52. The summed E-state index contributed by atoms with van der Waals surface area (Å²) in [6.45, 7) is 8.93. The van der Waals surface area contributed by atoms with E-state index in [2.05, 4.69) is 25.4 Å². The van der Waals surface area contributed by atoms with Crippen molar-refractivity contribution in [3.63, 3.8) is 0 Å². The fourth-order valence-corrected chi connectivity index (χ4v) is 6.74. The SMILES string of the molecule is CC(C)(C)OC(=O)NCC1CCC(C(=O)N(C(=O)[C@@H](N)Cc2ccc(-c3ccc(N4CCOCC4)nc3)cc2)c2ccc3c(=O)[nH][nH]c3c2)CC1. The summed E-state index contributed by atoms with van der Waals surface area (Å²) in [5.74, 6) is -0.127. The lowest BCUT2D eigenvalue weighted by Crippen LogP contribution is -2.50. The molecule has 3 amide bonds. The highest BCUT2D eigenvalue weighted by molar-refractivity contribution is 6.17. The highest BCUT2D eigenvalue weighted by atomic mass is 16.6. The Morgan fingerprint density at radius 2 is 1.71 bits per heavy atom. The average molecular weight is 698 g/mol. The highest BCUT2D eigenvalue weighted by Crippen LogP contribution is 2.32. The van der Waals surface area contributed by atoms with Crippen molar-refractivity contribution in [3.05, 3.63) is 76.7 Å². The number of aromatic nitrogens is 3. The molecule has 1 aliphatic carbocycles. The molecular formula is C38H47N7O6. The van der Waals surface area contributed by atoms with Gasteiger partial charge in [-0.1, -0.05) is 24.3 Å². The van der Waals surface area contributed by atoms with E-state index in [1.165, 1.54) is 4.90 Å². The Balaban J connectivity index is 1.13. The summed E-state index contributed by atoms with van der Waals surface area (Å²) in [5.41, 5.74) is 9.34. The normalized spacial score (nSPS) is 18.6. The molecule has 1 saturated heterocycles. The second-order valence-electron chi connectivity index (χ2n) is 14.4. The molecular weight excluding hydrogens is 650 g/mol. The Hall–Kier alpha value is -5.01. The molecule has 270 valence electrons. The molecule has 51 heavy (non-hydrogen) atoms. The molecule has 2 aliphatic rings. The van der Waals surface area contributed by atoms with E-state index < -0.39 is 29.6 Å². The first-order valence-electron chi connectivity index (χ1n) is 17.6. The molecule has 13 heteroatoms. The Bertz CT molecular complexity index is 1880. The molecule has 0 spiro atoms. The third kappa shape index (κ3) is 8.84. The molecule has 2 fully saturated rings. The number of ether oxygens (including phenoxy) is 2. The van der Waals surface area contributed by atoms with Crippen molar-refractivity contribution in [2.24, 2.45) is 17.6 Å². The van der Waals surface area contributed by atoms with E-state index >= 15 is 0 Å². The van der Waals surface area contributed by atoms with E-state index in [-0.39, 0.29) is 23.8 Å². The van der Waals surface area contributed by atoms with Crippen LogP contribution in [-0.2, 0) is 25.5 Å². The predicted molar refractivity (Wildman–Crippen MR) is 195 cm³/mol. The van der Waals surface area contributed by atoms with Crippen molar-refractivity contribution in [1.29, 1.82) is 0 Å². The number of nitrogens with two attached hydrogens (primary N) is 1. The summed E-state index contributed by atoms with van der Waals surface area (Å²) in [6, 6.07) is 15.7. The Labute approximate surface area is 296 Å². The van der Waals surface area contributed by atoms with Crippen LogP contribution in [0.3, 0.4) is 0 Å². The van der Waals surface area contributed by atoms with Crippen LogP contribution in [0.15, 0.2) is 65.6 Å². The van der Waals surface area contributed by atoms with Gasteiger partial charge in [-0.25, -0.2) is 14.7 Å². The molecule has 0 unspecified atom stereocenters. The average Bonchev–Trinajstić information content (AvgIpc) is 3.50. The minimum atomic E-state index is -0.996. The number of carbonyl (C=O) groups excluding carboxylic acids is 3. The topological polar surface area (TPSA) is 176 Å². The lowest BCUT2D eigenvalue weighted by Gasteiger charge is -2.32. The minimum Gasteiger partial charge on any atom is -0.444 e. The number of imide groups is 1. The number of carbonyl (C=O) groups is 3. The van der Waals surface area contributed by atoms with Gasteiger partial charge in [-0.2, -0.15) is 0 Å². The number of hydrogen-bond acceptors (Lipinski definition) is 9. The molecule has 4 aromatic rings. The van der Waals surface area contributed by atoms with Gasteiger partial charge in [0.05, 0.1) is 35.8 Å². The molecule has 3 heterocycles. The van der Waals surface area contributed by atoms with Crippen molar-refractivity contribution >= 4 is 40.3 Å². The third-order valence-electron chi connectivity index (χ3n) is 9.53. The monoisotopic (exact) mass is 697 g/mol. The number of fused-ring (bicyclic) bond motifs is 1.